The molecule has 1 atom stereocenters. The third-order valence-electron chi connectivity index (χ3n) is 5.18. The van der Waals surface area contributed by atoms with Gasteiger partial charge in [-0.2, -0.15) is 5.26 Å². The van der Waals surface area contributed by atoms with Gasteiger partial charge in [0, 0.05) is 13.1 Å². The summed E-state index contributed by atoms with van der Waals surface area (Å²) in [5, 5.41) is 9.73. The molecule has 1 heterocycles. The predicted octanol–water partition coefficient (Wildman–Crippen LogP) is 3.30. The molecule has 4 nitrogen and oxygen atoms in total. The zero-order chi connectivity index (χ0) is 15.3. The van der Waals surface area contributed by atoms with Gasteiger partial charge in [-0.15, -0.1) is 0 Å². The van der Waals surface area contributed by atoms with Crippen LogP contribution in [-0.2, 0) is 10.0 Å². The zero-order valence-corrected chi connectivity index (χ0v) is 14.0. The Labute approximate surface area is 129 Å². The van der Waals surface area contributed by atoms with Gasteiger partial charge in [0.15, 0.2) is 0 Å². The Kier molecular flexibility index (Phi) is 5.67. The molecule has 0 aromatic heterocycles. The van der Waals surface area contributed by atoms with E-state index in [2.05, 4.69) is 6.07 Å². The van der Waals surface area contributed by atoms with E-state index in [1.54, 1.807) is 4.31 Å². The summed E-state index contributed by atoms with van der Waals surface area (Å²) in [4.78, 5) is 0. The summed E-state index contributed by atoms with van der Waals surface area (Å²) in [6, 6.07) is 2.62. The van der Waals surface area contributed by atoms with Crippen LogP contribution in [-0.4, -0.2) is 32.1 Å². The Morgan fingerprint density at radius 3 is 2.33 bits per heavy atom. The highest BCUT2D eigenvalue weighted by Crippen LogP contribution is 2.41. The second-order valence-electron chi connectivity index (χ2n) is 6.99. The van der Waals surface area contributed by atoms with Crippen LogP contribution in [0.3, 0.4) is 0 Å². The van der Waals surface area contributed by atoms with Crippen LogP contribution in [0.4, 0.5) is 0 Å². The molecule has 0 spiro atoms. The van der Waals surface area contributed by atoms with Gasteiger partial charge < -0.3 is 0 Å². The summed E-state index contributed by atoms with van der Waals surface area (Å²) in [5.74, 6) is 0.354. The minimum Gasteiger partial charge on any atom is -0.213 e. The quantitative estimate of drug-likeness (QED) is 0.803. The number of rotatable bonds is 3. The SMILES string of the molecule is CS(=O)(=O)N1CCCC(CC2(C#N)CCCCCCC2)C1. The van der Waals surface area contributed by atoms with Gasteiger partial charge in [0.2, 0.25) is 10.0 Å². The highest BCUT2D eigenvalue weighted by molar-refractivity contribution is 7.88. The van der Waals surface area contributed by atoms with Crippen molar-refractivity contribution in [3.05, 3.63) is 0 Å². The lowest BCUT2D eigenvalue weighted by Gasteiger charge is -2.37. The summed E-state index contributed by atoms with van der Waals surface area (Å²) in [6.45, 7) is 1.26. The topological polar surface area (TPSA) is 61.2 Å². The van der Waals surface area contributed by atoms with Crippen molar-refractivity contribution < 1.29 is 8.42 Å². The number of nitriles is 1. The Morgan fingerprint density at radius 1 is 1.14 bits per heavy atom. The van der Waals surface area contributed by atoms with Gasteiger partial charge in [0.25, 0.3) is 0 Å². The van der Waals surface area contributed by atoms with Crippen LogP contribution in [0.25, 0.3) is 0 Å². The average molecular weight is 312 g/mol. The molecular formula is C16H28N2O2S. The number of sulfonamides is 1. The minimum absolute atomic E-state index is 0.203. The predicted molar refractivity (Wildman–Crippen MR) is 84.1 cm³/mol. The number of hydrogen-bond donors (Lipinski definition) is 0. The monoisotopic (exact) mass is 312 g/mol. The Morgan fingerprint density at radius 2 is 1.76 bits per heavy atom. The Balaban J connectivity index is 2.02. The molecule has 1 aliphatic heterocycles. The molecule has 1 saturated heterocycles. The minimum atomic E-state index is -3.09. The van der Waals surface area contributed by atoms with Crippen LogP contribution >= 0.6 is 0 Å². The van der Waals surface area contributed by atoms with Gasteiger partial charge in [0.05, 0.1) is 17.7 Å². The first-order chi connectivity index (χ1) is 9.95. The number of piperidine rings is 1. The summed E-state index contributed by atoms with van der Waals surface area (Å²) in [7, 11) is -3.09. The highest BCUT2D eigenvalue weighted by atomic mass is 32.2. The third-order valence-corrected chi connectivity index (χ3v) is 6.45. The summed E-state index contributed by atoms with van der Waals surface area (Å²) in [6.07, 6.45) is 12.2. The molecule has 120 valence electrons. The molecule has 0 aromatic carbocycles. The van der Waals surface area contributed by atoms with Crippen molar-refractivity contribution in [1.82, 2.24) is 4.31 Å². The lowest BCUT2D eigenvalue weighted by molar-refractivity contribution is 0.174. The summed E-state index contributed by atoms with van der Waals surface area (Å²) < 4.78 is 25.1. The van der Waals surface area contributed by atoms with Gasteiger partial charge in [-0.05, 0) is 38.0 Å². The number of nitrogens with zero attached hydrogens (tertiary/aromatic N) is 2. The normalized spacial score (nSPS) is 28.3. The smallest absolute Gasteiger partial charge is 0.211 e. The molecule has 0 bridgehead atoms. The maximum absolute atomic E-state index is 11.7. The second kappa shape index (κ2) is 7.11. The van der Waals surface area contributed by atoms with Crippen molar-refractivity contribution in [2.75, 3.05) is 19.3 Å². The van der Waals surface area contributed by atoms with Crippen molar-refractivity contribution in [2.45, 2.75) is 64.2 Å². The molecular weight excluding hydrogens is 284 g/mol. The van der Waals surface area contributed by atoms with Crippen LogP contribution in [0, 0.1) is 22.7 Å². The maximum Gasteiger partial charge on any atom is 0.211 e. The number of hydrogen-bond acceptors (Lipinski definition) is 3. The zero-order valence-electron chi connectivity index (χ0n) is 13.2. The van der Waals surface area contributed by atoms with Crippen LogP contribution in [0.5, 0.6) is 0 Å². The van der Waals surface area contributed by atoms with Gasteiger partial charge in [0.1, 0.15) is 0 Å². The second-order valence-corrected chi connectivity index (χ2v) is 8.98. The Bertz CT molecular complexity index is 473. The largest absolute Gasteiger partial charge is 0.213 e. The van der Waals surface area contributed by atoms with Crippen LogP contribution in [0.15, 0.2) is 0 Å². The molecule has 1 saturated carbocycles. The van der Waals surface area contributed by atoms with Crippen LogP contribution in [0.2, 0.25) is 0 Å². The van der Waals surface area contributed by atoms with Crippen molar-refractivity contribution in [3.63, 3.8) is 0 Å². The van der Waals surface area contributed by atoms with E-state index in [4.69, 9.17) is 0 Å². The molecule has 0 amide bonds. The fourth-order valence-corrected chi connectivity index (χ4v) is 4.93. The van der Waals surface area contributed by atoms with Gasteiger partial charge in [-0.1, -0.05) is 32.1 Å². The molecule has 2 rings (SSSR count). The summed E-state index contributed by atoms with van der Waals surface area (Å²) >= 11 is 0. The van der Waals surface area contributed by atoms with Crippen LogP contribution < -0.4 is 0 Å². The molecule has 1 aliphatic carbocycles. The highest BCUT2D eigenvalue weighted by Gasteiger charge is 2.36. The van der Waals surface area contributed by atoms with E-state index in [0.717, 1.165) is 44.9 Å². The molecule has 21 heavy (non-hydrogen) atoms. The lowest BCUT2D eigenvalue weighted by Crippen LogP contribution is -2.41. The molecule has 1 unspecified atom stereocenters. The molecule has 2 fully saturated rings. The van der Waals surface area contributed by atoms with E-state index in [-0.39, 0.29) is 5.41 Å². The van der Waals surface area contributed by atoms with Gasteiger partial charge in [-0.25, -0.2) is 12.7 Å². The van der Waals surface area contributed by atoms with Crippen LogP contribution in [0.1, 0.15) is 64.2 Å². The fourth-order valence-electron chi connectivity index (χ4n) is 3.99. The molecule has 5 heteroatoms. The van der Waals surface area contributed by atoms with Crippen molar-refractivity contribution >= 4 is 10.0 Å². The lowest BCUT2D eigenvalue weighted by atomic mass is 9.70. The van der Waals surface area contributed by atoms with Crippen molar-refractivity contribution in [1.29, 1.82) is 5.26 Å². The first kappa shape index (κ1) is 16.8. The van der Waals surface area contributed by atoms with E-state index in [0.29, 0.717) is 19.0 Å². The Hall–Kier alpha value is -0.600. The molecule has 0 N–H and O–H groups in total. The molecule has 0 radical (unpaired) electrons. The van der Waals surface area contributed by atoms with E-state index in [1.165, 1.54) is 25.5 Å². The maximum atomic E-state index is 11.7. The first-order valence-corrected chi connectivity index (χ1v) is 10.2. The first-order valence-electron chi connectivity index (χ1n) is 8.32. The van der Waals surface area contributed by atoms with Gasteiger partial charge in [-0.3, -0.25) is 0 Å². The standard InChI is InChI=1S/C16H28N2O2S/c1-21(19,20)18-11-7-8-15(13-18)12-16(14-17)9-5-3-2-4-6-10-16/h15H,2-13H2,1H3. The average Bonchev–Trinajstić information content (AvgIpc) is 2.41. The summed E-state index contributed by atoms with van der Waals surface area (Å²) in [5.41, 5.74) is -0.203. The van der Waals surface area contributed by atoms with E-state index < -0.39 is 10.0 Å². The third kappa shape index (κ3) is 4.69. The molecule has 0 aromatic rings. The molecule has 2 aliphatic rings. The van der Waals surface area contributed by atoms with E-state index >= 15 is 0 Å². The van der Waals surface area contributed by atoms with Gasteiger partial charge >= 0.3 is 0 Å². The van der Waals surface area contributed by atoms with Crippen molar-refractivity contribution in [3.8, 4) is 6.07 Å². The van der Waals surface area contributed by atoms with Crippen molar-refractivity contribution in [2.24, 2.45) is 11.3 Å². The van der Waals surface area contributed by atoms with E-state index in [9.17, 15) is 13.7 Å². The van der Waals surface area contributed by atoms with E-state index in [1.807, 2.05) is 0 Å². The fraction of sp³-hybridized carbons (Fsp3) is 0.938.